The molecule has 4 heteroatoms. The minimum Gasteiger partial charge on any atom is -0.271 e. The van der Waals surface area contributed by atoms with E-state index in [1.54, 1.807) is 0 Å². The molecule has 0 radical (unpaired) electrons. The standard InChI is InChI=1S/C15H19ClN2S/c16-15-9-2-1-5-12(15)11-13(18-17)6-3-7-14-8-4-10-19-14/h1-2,4-5,8-10,13,18H,3,6-7,11,17H2. The predicted molar refractivity (Wildman–Crippen MR) is 83.5 cm³/mol. The normalized spacial score (nSPS) is 12.5. The molecule has 102 valence electrons. The topological polar surface area (TPSA) is 38.0 Å². The third-order valence-electron chi connectivity index (χ3n) is 3.22. The first-order chi connectivity index (χ1) is 9.29. The highest BCUT2D eigenvalue weighted by Gasteiger charge is 2.10. The number of hydrazine groups is 1. The summed E-state index contributed by atoms with van der Waals surface area (Å²) < 4.78 is 0. The lowest BCUT2D eigenvalue weighted by atomic mass is 10.0. The monoisotopic (exact) mass is 294 g/mol. The molecule has 0 fully saturated rings. The lowest BCUT2D eigenvalue weighted by Crippen LogP contribution is -2.36. The fourth-order valence-corrected chi connectivity index (χ4v) is 3.12. The third-order valence-corrected chi connectivity index (χ3v) is 4.52. The number of rotatable bonds is 7. The number of nitrogens with one attached hydrogen (secondary N) is 1. The summed E-state index contributed by atoms with van der Waals surface area (Å²) in [6.07, 6.45) is 4.19. The molecule has 0 saturated carbocycles. The van der Waals surface area contributed by atoms with Crippen LogP contribution in [-0.2, 0) is 12.8 Å². The van der Waals surface area contributed by atoms with Gasteiger partial charge in [-0.25, -0.2) is 0 Å². The number of halogens is 1. The van der Waals surface area contributed by atoms with Crippen molar-refractivity contribution in [2.75, 3.05) is 0 Å². The van der Waals surface area contributed by atoms with Gasteiger partial charge in [0.05, 0.1) is 0 Å². The first-order valence-corrected chi connectivity index (χ1v) is 7.77. The van der Waals surface area contributed by atoms with Crippen molar-refractivity contribution in [3.63, 3.8) is 0 Å². The van der Waals surface area contributed by atoms with E-state index in [2.05, 4.69) is 29.0 Å². The van der Waals surface area contributed by atoms with Gasteiger partial charge in [0.2, 0.25) is 0 Å². The largest absolute Gasteiger partial charge is 0.271 e. The molecule has 1 heterocycles. The van der Waals surface area contributed by atoms with Gasteiger partial charge in [0.25, 0.3) is 0 Å². The second-order valence-corrected chi connectivity index (χ2v) is 6.07. The smallest absolute Gasteiger partial charge is 0.0438 e. The van der Waals surface area contributed by atoms with Gasteiger partial charge in [-0.15, -0.1) is 11.3 Å². The van der Waals surface area contributed by atoms with Crippen LogP contribution in [0.2, 0.25) is 5.02 Å². The minimum absolute atomic E-state index is 0.278. The molecule has 3 N–H and O–H groups in total. The molecule has 2 rings (SSSR count). The molecule has 0 amide bonds. The molecule has 1 aromatic heterocycles. The van der Waals surface area contributed by atoms with Crippen LogP contribution in [0.5, 0.6) is 0 Å². The Morgan fingerprint density at radius 1 is 1.21 bits per heavy atom. The zero-order valence-corrected chi connectivity index (χ0v) is 12.4. The van der Waals surface area contributed by atoms with Gasteiger partial charge in [-0.2, -0.15) is 0 Å². The molecule has 0 saturated heterocycles. The van der Waals surface area contributed by atoms with Crippen molar-refractivity contribution in [3.8, 4) is 0 Å². The van der Waals surface area contributed by atoms with Gasteiger partial charge in [-0.3, -0.25) is 11.3 Å². The highest BCUT2D eigenvalue weighted by atomic mass is 35.5. The van der Waals surface area contributed by atoms with Crippen LogP contribution in [0.25, 0.3) is 0 Å². The summed E-state index contributed by atoms with van der Waals surface area (Å²) in [7, 11) is 0. The van der Waals surface area contributed by atoms with Crippen molar-refractivity contribution in [2.24, 2.45) is 5.84 Å². The molecule has 2 aromatic rings. The van der Waals surface area contributed by atoms with E-state index in [0.717, 1.165) is 36.3 Å². The minimum atomic E-state index is 0.278. The first kappa shape index (κ1) is 14.5. The van der Waals surface area contributed by atoms with Crippen LogP contribution in [0.3, 0.4) is 0 Å². The number of aryl methyl sites for hydroxylation is 1. The Kier molecular flexibility index (Phi) is 5.86. The molecule has 0 spiro atoms. The number of hydrogen-bond donors (Lipinski definition) is 2. The first-order valence-electron chi connectivity index (χ1n) is 6.51. The Labute approximate surface area is 123 Å². The van der Waals surface area contributed by atoms with Gasteiger partial charge in [0.1, 0.15) is 0 Å². The summed E-state index contributed by atoms with van der Waals surface area (Å²) in [5.74, 6) is 5.64. The van der Waals surface area contributed by atoms with E-state index >= 15 is 0 Å². The molecule has 0 aliphatic rings. The molecule has 1 unspecified atom stereocenters. The average Bonchev–Trinajstić information content (AvgIpc) is 2.93. The zero-order chi connectivity index (χ0) is 13.5. The Bertz CT molecular complexity index is 485. The third kappa shape index (κ3) is 4.62. The van der Waals surface area contributed by atoms with E-state index < -0.39 is 0 Å². The second-order valence-electron chi connectivity index (χ2n) is 4.63. The van der Waals surface area contributed by atoms with Crippen LogP contribution in [-0.4, -0.2) is 6.04 Å². The summed E-state index contributed by atoms with van der Waals surface area (Å²) in [5.41, 5.74) is 4.06. The highest BCUT2D eigenvalue weighted by Crippen LogP contribution is 2.19. The Morgan fingerprint density at radius 3 is 2.74 bits per heavy atom. The molecule has 2 nitrogen and oxygen atoms in total. The summed E-state index contributed by atoms with van der Waals surface area (Å²) >= 11 is 7.99. The van der Waals surface area contributed by atoms with Gasteiger partial charge >= 0.3 is 0 Å². The van der Waals surface area contributed by atoms with Crippen molar-refractivity contribution in [1.29, 1.82) is 0 Å². The van der Waals surface area contributed by atoms with Crippen molar-refractivity contribution in [3.05, 3.63) is 57.2 Å². The SMILES string of the molecule is NNC(CCCc1cccs1)Cc1ccccc1Cl. The zero-order valence-electron chi connectivity index (χ0n) is 10.8. The van der Waals surface area contributed by atoms with Gasteiger partial charge in [0.15, 0.2) is 0 Å². The molecule has 1 aromatic carbocycles. The summed E-state index contributed by atoms with van der Waals surface area (Å²) in [6, 6.07) is 12.5. The Balaban J connectivity index is 1.82. The van der Waals surface area contributed by atoms with Gasteiger partial charge < -0.3 is 0 Å². The molecule has 1 atom stereocenters. The summed E-state index contributed by atoms with van der Waals surface area (Å²) in [6.45, 7) is 0. The van der Waals surface area contributed by atoms with Crippen molar-refractivity contribution < 1.29 is 0 Å². The average molecular weight is 295 g/mol. The fourth-order valence-electron chi connectivity index (χ4n) is 2.15. The fraction of sp³-hybridized carbons (Fsp3) is 0.333. The maximum atomic E-state index is 6.17. The molecular formula is C15H19ClN2S. The lowest BCUT2D eigenvalue weighted by Gasteiger charge is -2.16. The van der Waals surface area contributed by atoms with Gasteiger partial charge in [-0.1, -0.05) is 35.9 Å². The van der Waals surface area contributed by atoms with Crippen LogP contribution >= 0.6 is 22.9 Å². The van der Waals surface area contributed by atoms with Crippen molar-refractivity contribution >= 4 is 22.9 Å². The molecule has 19 heavy (non-hydrogen) atoms. The predicted octanol–water partition coefficient (Wildman–Crippen LogP) is 3.80. The maximum absolute atomic E-state index is 6.17. The number of hydrogen-bond acceptors (Lipinski definition) is 3. The van der Waals surface area contributed by atoms with Crippen LogP contribution in [0, 0.1) is 0 Å². The lowest BCUT2D eigenvalue weighted by molar-refractivity contribution is 0.477. The van der Waals surface area contributed by atoms with Crippen molar-refractivity contribution in [1.82, 2.24) is 5.43 Å². The summed E-state index contributed by atoms with van der Waals surface area (Å²) in [4.78, 5) is 1.44. The highest BCUT2D eigenvalue weighted by molar-refractivity contribution is 7.09. The number of benzene rings is 1. The van der Waals surface area contributed by atoms with E-state index in [9.17, 15) is 0 Å². The van der Waals surface area contributed by atoms with Gasteiger partial charge in [-0.05, 0) is 48.8 Å². The van der Waals surface area contributed by atoms with E-state index in [-0.39, 0.29) is 6.04 Å². The molecule has 0 aliphatic heterocycles. The number of nitrogens with two attached hydrogens (primary N) is 1. The van der Waals surface area contributed by atoms with Gasteiger partial charge in [0, 0.05) is 15.9 Å². The van der Waals surface area contributed by atoms with Crippen LogP contribution in [0.4, 0.5) is 0 Å². The Morgan fingerprint density at radius 2 is 2.05 bits per heavy atom. The molecular weight excluding hydrogens is 276 g/mol. The Hall–Kier alpha value is -0.870. The van der Waals surface area contributed by atoms with Crippen LogP contribution in [0.1, 0.15) is 23.3 Å². The maximum Gasteiger partial charge on any atom is 0.0438 e. The molecule has 0 aliphatic carbocycles. The van der Waals surface area contributed by atoms with Crippen LogP contribution in [0.15, 0.2) is 41.8 Å². The number of thiophene rings is 1. The van der Waals surface area contributed by atoms with E-state index in [0.29, 0.717) is 0 Å². The quantitative estimate of drug-likeness (QED) is 0.602. The van der Waals surface area contributed by atoms with E-state index in [1.807, 2.05) is 29.5 Å². The van der Waals surface area contributed by atoms with E-state index in [4.69, 9.17) is 17.4 Å². The molecule has 0 bridgehead atoms. The van der Waals surface area contributed by atoms with Crippen LogP contribution < -0.4 is 11.3 Å². The summed E-state index contributed by atoms with van der Waals surface area (Å²) in [5, 5.41) is 2.94. The van der Waals surface area contributed by atoms with Crippen molar-refractivity contribution in [2.45, 2.75) is 31.7 Å². The van der Waals surface area contributed by atoms with E-state index in [1.165, 1.54) is 4.88 Å². The second kappa shape index (κ2) is 7.65.